The van der Waals surface area contributed by atoms with E-state index >= 15 is 0 Å². The monoisotopic (exact) mass is 510 g/mol. The second-order valence-corrected chi connectivity index (χ2v) is 11.1. The zero-order valence-corrected chi connectivity index (χ0v) is 22.6. The van der Waals surface area contributed by atoms with Crippen molar-refractivity contribution in [1.82, 2.24) is 10.2 Å². The average Bonchev–Trinajstić information content (AvgIpc) is 2.82. The van der Waals surface area contributed by atoms with Crippen LogP contribution in [0, 0.1) is 13.8 Å². The van der Waals surface area contributed by atoms with Crippen LogP contribution in [0.25, 0.3) is 0 Å². The fourth-order valence-electron chi connectivity index (χ4n) is 5.55. The van der Waals surface area contributed by atoms with Gasteiger partial charge in [-0.25, -0.2) is 9.59 Å². The Morgan fingerprint density at radius 2 is 1.86 bits per heavy atom. The smallest absolute Gasteiger partial charge is 0.407 e. The van der Waals surface area contributed by atoms with Gasteiger partial charge in [0, 0.05) is 31.1 Å². The van der Waals surface area contributed by atoms with E-state index in [0.29, 0.717) is 17.9 Å². The van der Waals surface area contributed by atoms with Crippen molar-refractivity contribution >= 4 is 12.1 Å². The van der Waals surface area contributed by atoms with Gasteiger partial charge in [0.25, 0.3) is 0 Å². The molecule has 3 atom stereocenters. The molecule has 0 bridgehead atoms. The number of hydrogen-bond donors (Lipinski definition) is 2. The van der Waals surface area contributed by atoms with Crippen molar-refractivity contribution in [3.05, 3.63) is 58.1 Å². The van der Waals surface area contributed by atoms with Gasteiger partial charge in [-0.1, -0.05) is 23.8 Å². The van der Waals surface area contributed by atoms with E-state index in [4.69, 9.17) is 19.3 Å². The molecule has 0 aromatic heterocycles. The van der Waals surface area contributed by atoms with E-state index in [0.717, 1.165) is 30.6 Å². The lowest BCUT2D eigenvalue weighted by atomic mass is 9.76. The van der Waals surface area contributed by atoms with Gasteiger partial charge >= 0.3 is 12.1 Å². The fourth-order valence-corrected chi connectivity index (χ4v) is 5.55. The Labute approximate surface area is 218 Å². The van der Waals surface area contributed by atoms with Gasteiger partial charge in [0.2, 0.25) is 0 Å². The van der Waals surface area contributed by atoms with E-state index in [9.17, 15) is 9.59 Å². The highest BCUT2D eigenvalue weighted by atomic mass is 16.6. The molecule has 1 amide bonds. The molecule has 2 aliphatic heterocycles. The maximum absolute atomic E-state index is 12.9. The summed E-state index contributed by atoms with van der Waals surface area (Å²) in [6.07, 6.45) is 1.12. The van der Waals surface area contributed by atoms with E-state index in [1.807, 2.05) is 32.9 Å². The van der Waals surface area contributed by atoms with Crippen LogP contribution in [0.4, 0.5) is 4.79 Å². The van der Waals surface area contributed by atoms with E-state index < -0.39 is 24.3 Å². The van der Waals surface area contributed by atoms with Crippen molar-refractivity contribution in [3.8, 4) is 11.5 Å². The number of nitrogens with one attached hydrogen (secondary N) is 1. The molecular formula is C29H38N2O6. The number of piperidine rings is 1. The summed E-state index contributed by atoms with van der Waals surface area (Å²) in [6.45, 7) is 11.1. The zero-order valence-electron chi connectivity index (χ0n) is 22.6. The molecule has 2 aromatic carbocycles. The second-order valence-electron chi connectivity index (χ2n) is 11.1. The first-order valence-corrected chi connectivity index (χ1v) is 12.8. The Hall–Kier alpha value is -3.26. The first-order chi connectivity index (χ1) is 17.4. The van der Waals surface area contributed by atoms with Crippen LogP contribution in [0.5, 0.6) is 11.5 Å². The van der Waals surface area contributed by atoms with Gasteiger partial charge in [-0.2, -0.15) is 0 Å². The second kappa shape index (κ2) is 10.6. The number of alkyl carbamates (subject to hydrolysis) is 1. The van der Waals surface area contributed by atoms with Gasteiger partial charge < -0.3 is 24.6 Å². The minimum atomic E-state index is -1.04. The quantitative estimate of drug-likeness (QED) is 0.579. The van der Waals surface area contributed by atoms with Crippen LogP contribution in [0.1, 0.15) is 67.0 Å². The van der Waals surface area contributed by atoms with Crippen LogP contribution in [0.15, 0.2) is 30.3 Å². The third-order valence-electron chi connectivity index (χ3n) is 7.18. The number of methoxy groups -OCH3 is 1. The number of carboxylic acids is 1. The molecule has 3 unspecified atom stereocenters. The van der Waals surface area contributed by atoms with Gasteiger partial charge in [0.05, 0.1) is 7.11 Å². The first kappa shape index (κ1) is 26.8. The summed E-state index contributed by atoms with van der Waals surface area (Å²) < 4.78 is 16.7. The summed E-state index contributed by atoms with van der Waals surface area (Å²) in [5, 5.41) is 12.2. The average molecular weight is 511 g/mol. The van der Waals surface area contributed by atoms with E-state index in [2.05, 4.69) is 42.3 Å². The molecule has 200 valence electrons. The number of carboxylic acid groups (broad SMARTS) is 1. The summed E-state index contributed by atoms with van der Waals surface area (Å²) in [6, 6.07) is 10.3. The molecule has 2 N–H and O–H groups in total. The summed E-state index contributed by atoms with van der Waals surface area (Å²) >= 11 is 0. The van der Waals surface area contributed by atoms with Crippen LogP contribution in [-0.2, 0) is 16.0 Å². The lowest BCUT2D eigenvalue weighted by molar-refractivity contribution is -0.139. The molecule has 1 fully saturated rings. The van der Waals surface area contributed by atoms with Crippen LogP contribution in [0.3, 0.4) is 0 Å². The topological polar surface area (TPSA) is 97.3 Å². The van der Waals surface area contributed by atoms with Gasteiger partial charge in [-0.15, -0.1) is 0 Å². The fraction of sp³-hybridized carbons (Fsp3) is 0.517. The maximum atomic E-state index is 12.9. The number of carbonyl (C=O) groups excluding carboxylic acids is 1. The number of aryl methyl sites for hydroxylation is 2. The Kier molecular flexibility index (Phi) is 7.69. The van der Waals surface area contributed by atoms with Crippen molar-refractivity contribution in [2.45, 2.75) is 71.1 Å². The van der Waals surface area contributed by atoms with Gasteiger partial charge in [-0.3, -0.25) is 4.90 Å². The van der Waals surface area contributed by atoms with Crippen LogP contribution in [0.2, 0.25) is 0 Å². The highest BCUT2D eigenvalue weighted by Gasteiger charge is 2.41. The number of amides is 1. The Bertz CT molecular complexity index is 1170. The van der Waals surface area contributed by atoms with Crippen LogP contribution in [-0.4, -0.2) is 60.5 Å². The Morgan fingerprint density at radius 1 is 1.11 bits per heavy atom. The number of benzene rings is 2. The van der Waals surface area contributed by atoms with Gasteiger partial charge in [0.1, 0.15) is 5.60 Å². The number of nitrogens with zero attached hydrogens (tertiary/aromatic N) is 1. The normalized spacial score (nSPS) is 21.4. The maximum Gasteiger partial charge on any atom is 0.407 e. The molecule has 2 aliphatic rings. The van der Waals surface area contributed by atoms with Crippen molar-refractivity contribution in [1.29, 1.82) is 0 Å². The molecule has 0 saturated carbocycles. The summed E-state index contributed by atoms with van der Waals surface area (Å²) in [5.41, 5.74) is 5.31. The number of fused-ring (bicyclic) bond motifs is 3. The number of ether oxygens (including phenoxy) is 3. The van der Waals surface area contributed by atoms with Crippen molar-refractivity contribution < 1.29 is 28.9 Å². The highest BCUT2D eigenvalue weighted by molar-refractivity contribution is 5.69. The van der Waals surface area contributed by atoms with Crippen molar-refractivity contribution in [3.63, 3.8) is 0 Å². The molecule has 4 rings (SSSR count). The van der Waals surface area contributed by atoms with Crippen LogP contribution >= 0.6 is 0 Å². The molecular weight excluding hydrogens is 472 g/mol. The first-order valence-electron chi connectivity index (χ1n) is 12.8. The van der Waals surface area contributed by atoms with Crippen LogP contribution < -0.4 is 14.8 Å². The molecule has 8 nitrogen and oxygen atoms in total. The van der Waals surface area contributed by atoms with E-state index in [1.54, 1.807) is 7.11 Å². The van der Waals surface area contributed by atoms with Crippen molar-refractivity contribution in [2.75, 3.05) is 26.8 Å². The molecule has 2 heterocycles. The Balaban J connectivity index is 1.68. The minimum Gasteiger partial charge on any atom is -0.493 e. The molecule has 1 saturated heterocycles. The lowest BCUT2D eigenvalue weighted by Crippen LogP contribution is -2.53. The Morgan fingerprint density at radius 3 is 2.54 bits per heavy atom. The third kappa shape index (κ3) is 6.18. The van der Waals surface area contributed by atoms with Crippen molar-refractivity contribution in [2.24, 2.45) is 0 Å². The SMILES string of the molecule is COc1cc2c(cc1OCC(=O)O)CCN1CC(c3cc(C)ccc3C)C(NC(=O)OC(C)(C)C)CC21. The summed E-state index contributed by atoms with van der Waals surface area (Å²) in [5.74, 6) is 0.0248. The summed E-state index contributed by atoms with van der Waals surface area (Å²) in [7, 11) is 1.56. The van der Waals surface area contributed by atoms with E-state index in [-0.39, 0.29) is 18.0 Å². The van der Waals surface area contributed by atoms with E-state index in [1.165, 1.54) is 16.7 Å². The number of carbonyl (C=O) groups is 2. The van der Waals surface area contributed by atoms with Gasteiger partial charge in [0.15, 0.2) is 18.1 Å². The number of hydrogen-bond acceptors (Lipinski definition) is 6. The molecule has 2 aromatic rings. The van der Waals surface area contributed by atoms with Gasteiger partial charge in [-0.05, 0) is 81.8 Å². The highest BCUT2D eigenvalue weighted by Crippen LogP contribution is 2.45. The number of aliphatic carboxylic acids is 1. The molecule has 0 radical (unpaired) electrons. The lowest BCUT2D eigenvalue weighted by Gasteiger charge is -2.48. The molecule has 0 spiro atoms. The largest absolute Gasteiger partial charge is 0.493 e. The predicted molar refractivity (Wildman–Crippen MR) is 141 cm³/mol. The zero-order chi connectivity index (χ0) is 26.9. The molecule has 0 aliphatic carbocycles. The molecule has 8 heteroatoms. The third-order valence-corrected chi connectivity index (χ3v) is 7.18. The summed E-state index contributed by atoms with van der Waals surface area (Å²) in [4.78, 5) is 26.4. The number of rotatable bonds is 6. The minimum absolute atomic E-state index is 0.0764. The predicted octanol–water partition coefficient (Wildman–Crippen LogP) is 4.76. The standard InChI is InChI=1S/C29H38N2O6/c1-17-7-8-18(2)20(11-17)22-15-31-10-9-19-12-26(36-16-27(32)33)25(35-6)13-21(19)24(31)14-23(22)30-28(34)37-29(3,4)5/h7-8,11-13,22-24H,9-10,14-16H2,1-6H3,(H,30,34)(H,32,33). The molecule has 37 heavy (non-hydrogen) atoms.